The topological polar surface area (TPSA) is 86.6 Å². The van der Waals surface area contributed by atoms with Crippen LogP contribution in [0.2, 0.25) is 0 Å². The zero-order chi connectivity index (χ0) is 12.1. The minimum Gasteiger partial charge on any atom is -0.507 e. The Morgan fingerprint density at radius 2 is 2.06 bits per heavy atom. The van der Waals surface area contributed by atoms with Crippen LogP contribution < -0.4 is 5.32 Å². The molecule has 0 saturated carbocycles. The van der Waals surface area contributed by atoms with Gasteiger partial charge in [-0.05, 0) is 19.1 Å². The summed E-state index contributed by atoms with van der Waals surface area (Å²) in [7, 11) is 0. The summed E-state index contributed by atoms with van der Waals surface area (Å²) in [6.45, 7) is 1.95. The number of rotatable bonds is 5. The lowest BCUT2D eigenvalue weighted by atomic mass is 10.2. The molecule has 0 aliphatic heterocycles. The molecule has 1 rings (SSSR count). The molecule has 0 heterocycles. The van der Waals surface area contributed by atoms with Crippen molar-refractivity contribution in [2.75, 3.05) is 11.9 Å². The average Bonchev–Trinajstić information content (AvgIpc) is 2.16. The number of anilines is 1. The van der Waals surface area contributed by atoms with Gasteiger partial charge in [0.25, 0.3) is 0 Å². The first kappa shape index (κ1) is 12.0. The van der Waals surface area contributed by atoms with Gasteiger partial charge in [0.15, 0.2) is 0 Å². The molecule has 0 saturated heterocycles. The lowest BCUT2D eigenvalue weighted by molar-refractivity contribution is -0.116. The molecule has 3 N–H and O–H groups in total. The Kier molecular flexibility index (Phi) is 3.88. The van der Waals surface area contributed by atoms with Crippen molar-refractivity contribution in [3.8, 4) is 5.75 Å². The number of hydrogen-bond donors (Lipinski definition) is 3. The molecular formula is C11H13NO4. The maximum Gasteiger partial charge on any atom is 0.339 e. The van der Waals surface area contributed by atoms with E-state index in [9.17, 15) is 14.7 Å². The van der Waals surface area contributed by atoms with Crippen LogP contribution in [0.15, 0.2) is 18.2 Å². The molecule has 0 spiro atoms. The Bertz CT molecular complexity index is 414. The molecule has 0 fully saturated rings. The van der Waals surface area contributed by atoms with Crippen LogP contribution in [0.1, 0.15) is 23.7 Å². The van der Waals surface area contributed by atoms with E-state index in [1.165, 1.54) is 19.1 Å². The van der Waals surface area contributed by atoms with Gasteiger partial charge < -0.3 is 15.5 Å². The highest BCUT2D eigenvalue weighted by atomic mass is 16.4. The first-order valence-corrected chi connectivity index (χ1v) is 4.80. The van der Waals surface area contributed by atoms with E-state index in [1.54, 1.807) is 6.07 Å². The van der Waals surface area contributed by atoms with Crippen molar-refractivity contribution >= 4 is 17.4 Å². The highest BCUT2D eigenvalue weighted by Crippen LogP contribution is 2.21. The number of carbonyl (C=O) groups excluding carboxylic acids is 1. The first-order valence-electron chi connectivity index (χ1n) is 4.80. The van der Waals surface area contributed by atoms with Gasteiger partial charge in [0.05, 0.1) is 0 Å². The van der Waals surface area contributed by atoms with Crippen LogP contribution in [0.3, 0.4) is 0 Å². The number of aromatic carboxylic acids is 1. The van der Waals surface area contributed by atoms with Crippen molar-refractivity contribution in [2.24, 2.45) is 0 Å². The number of aromatic hydroxyl groups is 1. The van der Waals surface area contributed by atoms with E-state index in [0.717, 1.165) is 0 Å². The zero-order valence-electron chi connectivity index (χ0n) is 8.86. The fourth-order valence-electron chi connectivity index (χ4n) is 1.21. The molecule has 0 aromatic heterocycles. The Morgan fingerprint density at radius 3 is 2.56 bits per heavy atom. The lowest BCUT2D eigenvalue weighted by Crippen LogP contribution is -2.06. The Labute approximate surface area is 92.7 Å². The molecule has 0 aliphatic carbocycles. The standard InChI is InChI=1S/C11H13NO4/c1-7(13)4-5-12-8-2-3-9(11(15)16)10(14)6-8/h2-3,6,12,14H,4-5H2,1H3,(H,15,16). The summed E-state index contributed by atoms with van der Waals surface area (Å²) >= 11 is 0. The predicted octanol–water partition coefficient (Wildman–Crippen LogP) is 1.48. The normalized spacial score (nSPS) is 9.81. The van der Waals surface area contributed by atoms with Crippen molar-refractivity contribution < 1.29 is 19.8 Å². The van der Waals surface area contributed by atoms with Crippen LogP contribution in [0, 0.1) is 0 Å². The van der Waals surface area contributed by atoms with Gasteiger partial charge in [-0.25, -0.2) is 4.79 Å². The lowest BCUT2D eigenvalue weighted by Gasteiger charge is -2.06. The number of carbonyl (C=O) groups is 2. The van der Waals surface area contributed by atoms with Crippen LogP contribution in [0.5, 0.6) is 5.75 Å². The maximum absolute atomic E-state index is 10.7. The monoisotopic (exact) mass is 223 g/mol. The molecule has 1 aromatic carbocycles. The predicted molar refractivity (Wildman–Crippen MR) is 58.9 cm³/mol. The molecule has 16 heavy (non-hydrogen) atoms. The molecule has 1 aromatic rings. The number of phenols is 1. The van der Waals surface area contributed by atoms with Crippen molar-refractivity contribution in [2.45, 2.75) is 13.3 Å². The third-order valence-electron chi connectivity index (χ3n) is 2.03. The molecule has 0 bridgehead atoms. The molecule has 0 amide bonds. The molecule has 0 atom stereocenters. The van der Waals surface area contributed by atoms with Crippen molar-refractivity contribution in [1.29, 1.82) is 0 Å². The summed E-state index contributed by atoms with van der Waals surface area (Å²) in [6, 6.07) is 4.18. The van der Waals surface area contributed by atoms with E-state index < -0.39 is 5.97 Å². The summed E-state index contributed by atoms with van der Waals surface area (Å²) in [5.74, 6) is -1.40. The summed E-state index contributed by atoms with van der Waals surface area (Å²) in [5.41, 5.74) is 0.445. The molecule has 0 aliphatic rings. The SMILES string of the molecule is CC(=O)CCNc1ccc(C(=O)O)c(O)c1. The minimum absolute atomic E-state index is 0.0684. The number of carboxylic acid groups (broad SMARTS) is 1. The third-order valence-corrected chi connectivity index (χ3v) is 2.03. The second kappa shape index (κ2) is 5.16. The van der Waals surface area contributed by atoms with Crippen molar-refractivity contribution in [3.05, 3.63) is 23.8 Å². The summed E-state index contributed by atoms with van der Waals surface area (Å²) < 4.78 is 0. The van der Waals surface area contributed by atoms with Gasteiger partial charge >= 0.3 is 5.97 Å². The second-order valence-corrected chi connectivity index (χ2v) is 3.42. The Hall–Kier alpha value is -2.04. The minimum atomic E-state index is -1.17. The van der Waals surface area contributed by atoms with E-state index in [4.69, 9.17) is 5.11 Å². The molecule has 5 nitrogen and oxygen atoms in total. The molecule has 0 unspecified atom stereocenters. The fourth-order valence-corrected chi connectivity index (χ4v) is 1.21. The molecular weight excluding hydrogens is 210 g/mol. The third kappa shape index (κ3) is 3.27. The van der Waals surface area contributed by atoms with Crippen LogP contribution in [0.25, 0.3) is 0 Å². The Morgan fingerprint density at radius 1 is 1.38 bits per heavy atom. The van der Waals surface area contributed by atoms with Gasteiger partial charge in [-0.1, -0.05) is 0 Å². The molecule has 86 valence electrons. The Balaban J connectivity index is 2.66. The van der Waals surface area contributed by atoms with Crippen LogP contribution in [-0.2, 0) is 4.79 Å². The highest BCUT2D eigenvalue weighted by Gasteiger charge is 2.09. The van der Waals surface area contributed by atoms with E-state index >= 15 is 0 Å². The number of Topliss-reactive ketones (excluding diaryl/α,β-unsaturated/α-hetero) is 1. The summed E-state index contributed by atoms with van der Waals surface area (Å²) in [6.07, 6.45) is 0.390. The number of benzene rings is 1. The van der Waals surface area contributed by atoms with Gasteiger partial charge in [-0.3, -0.25) is 4.79 Å². The van der Waals surface area contributed by atoms with E-state index in [-0.39, 0.29) is 17.1 Å². The van der Waals surface area contributed by atoms with E-state index in [0.29, 0.717) is 18.7 Å². The van der Waals surface area contributed by atoms with E-state index in [2.05, 4.69) is 5.32 Å². The van der Waals surface area contributed by atoms with Crippen LogP contribution in [0.4, 0.5) is 5.69 Å². The van der Waals surface area contributed by atoms with Gasteiger partial charge in [0, 0.05) is 24.7 Å². The zero-order valence-corrected chi connectivity index (χ0v) is 8.86. The number of nitrogens with one attached hydrogen (secondary N) is 1. The summed E-state index contributed by atoms with van der Waals surface area (Å²) in [4.78, 5) is 21.3. The largest absolute Gasteiger partial charge is 0.507 e. The molecule has 0 radical (unpaired) electrons. The average molecular weight is 223 g/mol. The highest BCUT2D eigenvalue weighted by molar-refractivity contribution is 5.91. The van der Waals surface area contributed by atoms with E-state index in [1.807, 2.05) is 0 Å². The van der Waals surface area contributed by atoms with Crippen LogP contribution in [-0.4, -0.2) is 28.5 Å². The van der Waals surface area contributed by atoms with Gasteiger partial charge in [0.2, 0.25) is 0 Å². The fraction of sp³-hybridized carbons (Fsp3) is 0.273. The second-order valence-electron chi connectivity index (χ2n) is 3.42. The van der Waals surface area contributed by atoms with Gasteiger partial charge in [-0.2, -0.15) is 0 Å². The van der Waals surface area contributed by atoms with Gasteiger partial charge in [0.1, 0.15) is 17.1 Å². The maximum atomic E-state index is 10.7. The smallest absolute Gasteiger partial charge is 0.339 e. The van der Waals surface area contributed by atoms with Crippen molar-refractivity contribution in [3.63, 3.8) is 0 Å². The number of hydrogen-bond acceptors (Lipinski definition) is 4. The molecule has 5 heteroatoms. The number of ketones is 1. The van der Waals surface area contributed by atoms with Gasteiger partial charge in [-0.15, -0.1) is 0 Å². The number of carboxylic acids is 1. The van der Waals surface area contributed by atoms with Crippen LogP contribution >= 0.6 is 0 Å². The first-order chi connectivity index (χ1) is 7.50. The quantitative estimate of drug-likeness (QED) is 0.703. The summed E-state index contributed by atoms with van der Waals surface area (Å²) in [5, 5.41) is 21.0. The van der Waals surface area contributed by atoms with Crippen molar-refractivity contribution in [1.82, 2.24) is 0 Å².